The van der Waals surface area contributed by atoms with Crippen LogP contribution in [0.15, 0.2) is 30.3 Å². The zero-order chi connectivity index (χ0) is 26.3. The van der Waals surface area contributed by atoms with Gasteiger partial charge in [0.15, 0.2) is 11.5 Å². The van der Waals surface area contributed by atoms with Crippen LogP contribution in [0, 0.1) is 23.7 Å². The molecule has 3 aromatic rings. The van der Waals surface area contributed by atoms with E-state index in [2.05, 4.69) is 21.5 Å². The number of halogens is 1. The van der Waals surface area contributed by atoms with Crippen molar-refractivity contribution in [1.82, 2.24) is 19.9 Å². The molecule has 9 nitrogen and oxygen atoms in total. The van der Waals surface area contributed by atoms with E-state index in [1.54, 1.807) is 27.7 Å². The van der Waals surface area contributed by atoms with Crippen molar-refractivity contribution in [2.75, 3.05) is 24.5 Å². The predicted molar refractivity (Wildman–Crippen MR) is 133 cm³/mol. The SMILES string of the molecule is Cc1c(-c2ccccc2)c(N2CC(F)[C@](C)(CNC(=O)OC(C)(C)C)C2)n2nc(CO)nc2c1C#N. The average Bonchev–Trinajstić information content (AvgIpc) is 3.37. The lowest BCUT2D eigenvalue weighted by atomic mass is 9.88. The number of alkyl halides is 1. The Bertz CT molecular complexity index is 1330. The summed E-state index contributed by atoms with van der Waals surface area (Å²) in [6.07, 6.45) is -1.86. The van der Waals surface area contributed by atoms with Crippen molar-refractivity contribution in [3.63, 3.8) is 0 Å². The molecular formula is C26H31FN6O3. The van der Waals surface area contributed by atoms with Gasteiger partial charge in [-0.05, 0) is 38.8 Å². The Morgan fingerprint density at radius 3 is 2.67 bits per heavy atom. The summed E-state index contributed by atoms with van der Waals surface area (Å²) in [5.41, 5.74) is 1.37. The third-order valence-corrected chi connectivity index (χ3v) is 6.39. The molecule has 0 aliphatic carbocycles. The number of alkyl carbamates (subject to hydrolysis) is 1. The first-order valence-corrected chi connectivity index (χ1v) is 11.8. The molecule has 2 N–H and O–H groups in total. The number of carbonyl (C=O) groups is 1. The molecule has 0 saturated carbocycles. The molecule has 2 aromatic heterocycles. The van der Waals surface area contributed by atoms with Gasteiger partial charge in [0.25, 0.3) is 0 Å². The quantitative estimate of drug-likeness (QED) is 0.555. The summed E-state index contributed by atoms with van der Waals surface area (Å²) in [7, 11) is 0. The molecule has 190 valence electrons. The number of hydrogen-bond acceptors (Lipinski definition) is 7. The molecule has 1 aliphatic rings. The van der Waals surface area contributed by atoms with Crippen LogP contribution in [0.3, 0.4) is 0 Å². The van der Waals surface area contributed by atoms with Crippen LogP contribution >= 0.6 is 0 Å². The highest BCUT2D eigenvalue weighted by molar-refractivity contribution is 5.85. The maximum Gasteiger partial charge on any atom is 0.407 e. The van der Waals surface area contributed by atoms with Crippen molar-refractivity contribution in [3.8, 4) is 17.2 Å². The Morgan fingerprint density at radius 2 is 2.06 bits per heavy atom. The standard InChI is InChI=1S/C26H31FN6O3/c1-16-18(11-28)22-30-20(13-34)31-33(22)23(21(16)17-9-7-6-8-10-17)32-12-19(27)26(5,15-32)14-29-24(35)36-25(2,3)4/h6-10,19,34H,12-15H2,1-5H3,(H,29,35)/t19?,26-/m1/s1. The Balaban J connectivity index is 1.79. The largest absolute Gasteiger partial charge is 0.444 e. The maximum absolute atomic E-state index is 15.6. The van der Waals surface area contributed by atoms with Crippen LogP contribution in [0.25, 0.3) is 16.8 Å². The Kier molecular flexibility index (Phi) is 6.62. The van der Waals surface area contributed by atoms with Crippen molar-refractivity contribution in [2.24, 2.45) is 5.41 Å². The van der Waals surface area contributed by atoms with Crippen LogP contribution in [-0.2, 0) is 11.3 Å². The fraction of sp³-hybridized carbons (Fsp3) is 0.462. The highest BCUT2D eigenvalue weighted by Gasteiger charge is 2.45. The van der Waals surface area contributed by atoms with Gasteiger partial charge in [-0.15, -0.1) is 5.10 Å². The number of hydrogen-bond donors (Lipinski definition) is 2. The van der Waals surface area contributed by atoms with Crippen molar-refractivity contribution < 1.29 is 19.0 Å². The zero-order valence-electron chi connectivity index (χ0n) is 21.2. The van der Waals surface area contributed by atoms with Gasteiger partial charge in [-0.2, -0.15) is 9.78 Å². The van der Waals surface area contributed by atoms with E-state index in [9.17, 15) is 15.2 Å². The van der Waals surface area contributed by atoms with Crippen molar-refractivity contribution in [2.45, 2.75) is 53.0 Å². The number of fused-ring (bicyclic) bond motifs is 1. The van der Waals surface area contributed by atoms with Gasteiger partial charge in [0.2, 0.25) is 0 Å². The van der Waals surface area contributed by atoms with Gasteiger partial charge in [-0.3, -0.25) is 0 Å². The van der Waals surface area contributed by atoms with Crippen molar-refractivity contribution >= 4 is 17.6 Å². The van der Waals surface area contributed by atoms with Gasteiger partial charge in [0.05, 0.1) is 6.54 Å². The van der Waals surface area contributed by atoms with E-state index < -0.39 is 29.9 Å². The predicted octanol–water partition coefficient (Wildman–Crippen LogP) is 3.76. The van der Waals surface area contributed by atoms with Gasteiger partial charge in [0, 0.05) is 24.1 Å². The lowest BCUT2D eigenvalue weighted by Gasteiger charge is -2.29. The van der Waals surface area contributed by atoms with Gasteiger partial charge < -0.3 is 20.1 Å². The lowest BCUT2D eigenvalue weighted by molar-refractivity contribution is 0.0489. The van der Waals surface area contributed by atoms with Crippen LogP contribution in [0.2, 0.25) is 0 Å². The summed E-state index contributed by atoms with van der Waals surface area (Å²) in [6, 6.07) is 11.8. The number of aliphatic hydroxyl groups is 1. The first-order chi connectivity index (χ1) is 17.0. The number of nitrogens with zero attached hydrogens (tertiary/aromatic N) is 5. The average molecular weight is 495 g/mol. The summed E-state index contributed by atoms with van der Waals surface area (Å²) >= 11 is 0. The molecule has 1 aromatic carbocycles. The second kappa shape index (κ2) is 9.39. The fourth-order valence-electron chi connectivity index (χ4n) is 4.60. The smallest absolute Gasteiger partial charge is 0.407 e. The third kappa shape index (κ3) is 4.71. The zero-order valence-corrected chi connectivity index (χ0v) is 21.2. The minimum absolute atomic E-state index is 0.0566. The van der Waals surface area contributed by atoms with Gasteiger partial charge in [-0.25, -0.2) is 14.2 Å². The molecule has 0 radical (unpaired) electrons. The molecule has 36 heavy (non-hydrogen) atoms. The molecule has 3 heterocycles. The minimum Gasteiger partial charge on any atom is -0.444 e. The first kappa shape index (κ1) is 25.4. The van der Waals surface area contributed by atoms with Crippen LogP contribution in [-0.4, -0.2) is 57.2 Å². The van der Waals surface area contributed by atoms with Gasteiger partial charge in [0.1, 0.15) is 35.8 Å². The number of carbonyl (C=O) groups excluding carboxylic acids is 1. The number of rotatable bonds is 5. The third-order valence-electron chi connectivity index (χ3n) is 6.39. The summed E-state index contributed by atoms with van der Waals surface area (Å²) in [4.78, 5) is 18.5. The summed E-state index contributed by atoms with van der Waals surface area (Å²) in [5.74, 6) is 0.756. The lowest BCUT2D eigenvalue weighted by Crippen LogP contribution is -2.43. The fourth-order valence-corrected chi connectivity index (χ4v) is 4.60. The maximum atomic E-state index is 15.6. The van der Waals surface area contributed by atoms with Crippen molar-refractivity contribution in [1.29, 1.82) is 5.26 Å². The van der Waals surface area contributed by atoms with Crippen LogP contribution in [0.4, 0.5) is 15.0 Å². The highest BCUT2D eigenvalue weighted by atomic mass is 19.1. The number of anilines is 1. The number of aliphatic hydroxyl groups excluding tert-OH is 1. The number of benzene rings is 1. The second-order valence-corrected chi connectivity index (χ2v) is 10.5. The Morgan fingerprint density at radius 1 is 1.36 bits per heavy atom. The minimum atomic E-state index is -1.26. The number of amides is 1. The second-order valence-electron chi connectivity index (χ2n) is 10.5. The Labute approximate surface area is 209 Å². The Hall–Kier alpha value is -3.71. The van der Waals surface area contributed by atoms with Gasteiger partial charge in [-0.1, -0.05) is 37.3 Å². The number of nitriles is 1. The number of ether oxygens (including phenoxy) is 1. The van der Waals surface area contributed by atoms with Gasteiger partial charge >= 0.3 is 6.09 Å². The highest BCUT2D eigenvalue weighted by Crippen LogP contribution is 2.42. The molecule has 1 saturated heterocycles. The first-order valence-electron chi connectivity index (χ1n) is 11.8. The molecular weight excluding hydrogens is 463 g/mol. The van der Waals surface area contributed by atoms with E-state index in [0.717, 1.165) is 11.1 Å². The summed E-state index contributed by atoms with van der Waals surface area (Å²) in [6.45, 7) is 8.95. The van der Waals surface area contributed by atoms with Crippen LogP contribution in [0.1, 0.15) is 44.6 Å². The molecule has 2 atom stereocenters. The summed E-state index contributed by atoms with van der Waals surface area (Å²) < 4.78 is 22.4. The van der Waals surface area contributed by atoms with E-state index in [4.69, 9.17) is 4.74 Å². The van der Waals surface area contributed by atoms with Crippen LogP contribution in [0.5, 0.6) is 0 Å². The number of aromatic nitrogens is 3. The van der Waals surface area contributed by atoms with E-state index in [-0.39, 0.29) is 25.5 Å². The van der Waals surface area contributed by atoms with E-state index >= 15 is 4.39 Å². The molecule has 1 unspecified atom stereocenters. The molecule has 1 amide bonds. The monoisotopic (exact) mass is 494 g/mol. The molecule has 4 rings (SSSR count). The van der Waals surface area contributed by atoms with Crippen molar-refractivity contribution in [3.05, 3.63) is 47.3 Å². The van der Waals surface area contributed by atoms with E-state index in [1.807, 2.05) is 42.2 Å². The topological polar surface area (TPSA) is 116 Å². The van der Waals surface area contributed by atoms with E-state index in [0.29, 0.717) is 22.6 Å². The van der Waals surface area contributed by atoms with E-state index in [1.165, 1.54) is 4.52 Å². The molecule has 0 spiro atoms. The molecule has 1 aliphatic heterocycles. The number of pyridine rings is 1. The number of nitrogens with one attached hydrogen (secondary N) is 1. The van der Waals surface area contributed by atoms with Crippen LogP contribution < -0.4 is 10.2 Å². The summed E-state index contributed by atoms with van der Waals surface area (Å²) in [5, 5.41) is 26.8. The molecule has 0 bridgehead atoms. The molecule has 1 fully saturated rings. The normalized spacial score (nSPS) is 19.9. The molecule has 10 heteroatoms.